The highest BCUT2D eigenvalue weighted by atomic mass is 19.1. The summed E-state index contributed by atoms with van der Waals surface area (Å²) in [6, 6.07) is 5.15. The maximum absolute atomic E-state index is 13.2. The van der Waals surface area contributed by atoms with Crippen LogP contribution >= 0.6 is 0 Å². The van der Waals surface area contributed by atoms with E-state index in [4.69, 9.17) is 4.52 Å². The Morgan fingerprint density at radius 1 is 1.41 bits per heavy atom. The van der Waals surface area contributed by atoms with Gasteiger partial charge < -0.3 is 14.9 Å². The van der Waals surface area contributed by atoms with Gasteiger partial charge in [0.15, 0.2) is 11.7 Å². The van der Waals surface area contributed by atoms with Gasteiger partial charge in [0.05, 0.1) is 0 Å². The van der Waals surface area contributed by atoms with E-state index < -0.39 is 23.7 Å². The van der Waals surface area contributed by atoms with E-state index in [0.29, 0.717) is 12.2 Å². The summed E-state index contributed by atoms with van der Waals surface area (Å²) in [5.74, 6) is -2.02. The van der Waals surface area contributed by atoms with Gasteiger partial charge in [0.2, 0.25) is 0 Å². The Morgan fingerprint density at radius 2 is 2.18 bits per heavy atom. The van der Waals surface area contributed by atoms with Crippen molar-refractivity contribution in [2.45, 2.75) is 25.8 Å². The Morgan fingerprint density at radius 3 is 2.82 bits per heavy atom. The lowest BCUT2D eigenvalue weighted by Gasteiger charge is -2.13. The molecule has 1 aromatic heterocycles. The van der Waals surface area contributed by atoms with Gasteiger partial charge in [0.25, 0.3) is 5.91 Å². The zero-order chi connectivity index (χ0) is 16.1. The molecular weight excluding hydrogens is 291 g/mol. The van der Waals surface area contributed by atoms with Crippen LogP contribution in [0.15, 0.2) is 34.9 Å². The largest absolute Gasteiger partial charge is 0.479 e. The molecular formula is C15H15FN2O4. The zero-order valence-electron chi connectivity index (χ0n) is 11.9. The molecule has 1 aromatic carbocycles. The smallest absolute Gasteiger partial charge is 0.330 e. The van der Waals surface area contributed by atoms with Crippen LogP contribution in [0, 0.1) is 5.82 Å². The highest BCUT2D eigenvalue weighted by molar-refractivity contribution is 5.95. The third kappa shape index (κ3) is 3.69. The number of aromatic nitrogens is 1. The second kappa shape index (κ2) is 6.84. The van der Waals surface area contributed by atoms with E-state index in [1.807, 2.05) is 6.92 Å². The molecule has 0 fully saturated rings. The topological polar surface area (TPSA) is 92.4 Å². The van der Waals surface area contributed by atoms with Crippen molar-refractivity contribution in [2.24, 2.45) is 0 Å². The van der Waals surface area contributed by atoms with Crippen LogP contribution in [-0.4, -0.2) is 22.1 Å². The standard InChI is InChI=1S/C15H15FN2O4/c1-2-4-11-8-12(18-22-11)14(19)17-13(15(20)21)9-5-3-6-10(16)7-9/h3,5-8,13H,2,4H2,1H3,(H,17,19)(H,20,21)/t13-/m0/s1. The molecule has 0 saturated carbocycles. The van der Waals surface area contributed by atoms with Gasteiger partial charge >= 0.3 is 5.97 Å². The first-order valence-corrected chi connectivity index (χ1v) is 6.76. The average Bonchev–Trinajstić information content (AvgIpc) is 2.93. The van der Waals surface area contributed by atoms with E-state index in [1.165, 1.54) is 24.3 Å². The Hall–Kier alpha value is -2.70. The molecule has 0 aliphatic heterocycles. The van der Waals surface area contributed by atoms with Gasteiger partial charge in [-0.15, -0.1) is 0 Å². The molecule has 2 N–H and O–H groups in total. The molecule has 1 atom stereocenters. The number of nitrogens with one attached hydrogen (secondary N) is 1. The molecule has 22 heavy (non-hydrogen) atoms. The fourth-order valence-electron chi connectivity index (χ4n) is 1.96. The minimum Gasteiger partial charge on any atom is -0.479 e. The molecule has 0 aliphatic rings. The van der Waals surface area contributed by atoms with Crippen LogP contribution in [0.2, 0.25) is 0 Å². The van der Waals surface area contributed by atoms with Crippen molar-refractivity contribution in [1.29, 1.82) is 0 Å². The van der Waals surface area contributed by atoms with Crippen LogP contribution in [-0.2, 0) is 11.2 Å². The number of rotatable bonds is 6. The number of carbonyl (C=O) groups excluding carboxylic acids is 1. The summed E-state index contributed by atoms with van der Waals surface area (Å²) in [7, 11) is 0. The van der Waals surface area contributed by atoms with Crippen molar-refractivity contribution in [1.82, 2.24) is 10.5 Å². The van der Waals surface area contributed by atoms with Gasteiger partial charge in [0, 0.05) is 12.5 Å². The molecule has 0 spiro atoms. The zero-order valence-corrected chi connectivity index (χ0v) is 11.9. The highest BCUT2D eigenvalue weighted by Gasteiger charge is 2.24. The monoisotopic (exact) mass is 306 g/mol. The lowest BCUT2D eigenvalue weighted by Crippen LogP contribution is -2.34. The Bertz CT molecular complexity index is 684. The molecule has 116 valence electrons. The summed E-state index contributed by atoms with van der Waals surface area (Å²) in [4.78, 5) is 23.3. The number of aliphatic carboxylic acids is 1. The maximum Gasteiger partial charge on any atom is 0.330 e. The predicted molar refractivity (Wildman–Crippen MR) is 74.7 cm³/mol. The van der Waals surface area contributed by atoms with Crippen LogP contribution < -0.4 is 5.32 Å². The van der Waals surface area contributed by atoms with E-state index in [-0.39, 0.29) is 11.3 Å². The molecule has 0 bridgehead atoms. The van der Waals surface area contributed by atoms with E-state index in [0.717, 1.165) is 12.5 Å². The fourth-order valence-corrected chi connectivity index (χ4v) is 1.96. The summed E-state index contributed by atoms with van der Waals surface area (Å²) in [6.07, 6.45) is 1.46. The van der Waals surface area contributed by atoms with Crippen molar-refractivity contribution in [3.05, 3.63) is 53.2 Å². The summed E-state index contributed by atoms with van der Waals surface area (Å²) in [6.45, 7) is 1.95. The van der Waals surface area contributed by atoms with Gasteiger partial charge in [0.1, 0.15) is 11.6 Å². The summed E-state index contributed by atoms with van der Waals surface area (Å²) >= 11 is 0. The number of hydrogen-bond acceptors (Lipinski definition) is 4. The van der Waals surface area contributed by atoms with E-state index in [2.05, 4.69) is 10.5 Å². The van der Waals surface area contributed by atoms with Gasteiger partial charge in [-0.1, -0.05) is 24.2 Å². The average molecular weight is 306 g/mol. The highest BCUT2D eigenvalue weighted by Crippen LogP contribution is 2.16. The molecule has 2 rings (SSSR count). The van der Waals surface area contributed by atoms with Crippen molar-refractivity contribution in [3.8, 4) is 0 Å². The second-order valence-electron chi connectivity index (χ2n) is 4.73. The van der Waals surface area contributed by atoms with Gasteiger partial charge in [-0.25, -0.2) is 9.18 Å². The first kappa shape index (κ1) is 15.7. The lowest BCUT2D eigenvalue weighted by atomic mass is 10.1. The molecule has 0 saturated heterocycles. The quantitative estimate of drug-likeness (QED) is 0.854. The Kier molecular flexibility index (Phi) is 4.88. The molecule has 0 unspecified atom stereocenters. The van der Waals surface area contributed by atoms with Crippen molar-refractivity contribution in [2.75, 3.05) is 0 Å². The Balaban J connectivity index is 2.16. The third-order valence-corrected chi connectivity index (χ3v) is 2.99. The minimum absolute atomic E-state index is 0.00824. The first-order valence-electron chi connectivity index (χ1n) is 6.76. The number of aryl methyl sites for hydroxylation is 1. The molecule has 6 nitrogen and oxygen atoms in total. The van der Waals surface area contributed by atoms with E-state index in [1.54, 1.807) is 0 Å². The SMILES string of the molecule is CCCc1cc(C(=O)N[C@H](C(=O)O)c2cccc(F)c2)no1. The second-order valence-corrected chi connectivity index (χ2v) is 4.73. The summed E-state index contributed by atoms with van der Waals surface area (Å²) < 4.78 is 18.2. The van der Waals surface area contributed by atoms with Crippen LogP contribution in [0.1, 0.15) is 41.2 Å². The number of benzene rings is 1. The first-order chi connectivity index (χ1) is 10.5. The summed E-state index contributed by atoms with van der Waals surface area (Å²) in [5, 5.41) is 15.1. The van der Waals surface area contributed by atoms with E-state index >= 15 is 0 Å². The van der Waals surface area contributed by atoms with Crippen LogP contribution in [0.4, 0.5) is 4.39 Å². The summed E-state index contributed by atoms with van der Waals surface area (Å²) in [5.41, 5.74) is 0.129. The number of carboxylic acids is 1. The van der Waals surface area contributed by atoms with Gasteiger partial charge in [-0.2, -0.15) is 0 Å². The van der Waals surface area contributed by atoms with Crippen molar-refractivity contribution >= 4 is 11.9 Å². The van der Waals surface area contributed by atoms with Gasteiger partial charge in [-0.3, -0.25) is 4.79 Å². The number of nitrogens with zero attached hydrogens (tertiary/aromatic N) is 1. The normalized spacial score (nSPS) is 11.9. The van der Waals surface area contributed by atoms with Crippen LogP contribution in [0.5, 0.6) is 0 Å². The number of halogens is 1. The lowest BCUT2D eigenvalue weighted by molar-refractivity contribution is -0.139. The predicted octanol–water partition coefficient (Wildman–Crippen LogP) is 2.32. The molecule has 2 aromatic rings. The molecule has 0 aliphatic carbocycles. The van der Waals surface area contributed by atoms with Gasteiger partial charge in [-0.05, 0) is 24.1 Å². The number of carbonyl (C=O) groups is 2. The number of amides is 1. The van der Waals surface area contributed by atoms with Crippen LogP contribution in [0.25, 0.3) is 0 Å². The maximum atomic E-state index is 13.2. The number of carboxylic acid groups (broad SMARTS) is 1. The van der Waals surface area contributed by atoms with Crippen molar-refractivity contribution in [3.63, 3.8) is 0 Å². The molecule has 0 radical (unpaired) electrons. The third-order valence-electron chi connectivity index (χ3n) is 2.99. The minimum atomic E-state index is -1.37. The van der Waals surface area contributed by atoms with Crippen molar-refractivity contribution < 1.29 is 23.6 Å². The molecule has 1 amide bonds. The molecule has 1 heterocycles. The van der Waals surface area contributed by atoms with Crippen LogP contribution in [0.3, 0.4) is 0 Å². The van der Waals surface area contributed by atoms with E-state index in [9.17, 15) is 19.1 Å². The number of hydrogen-bond donors (Lipinski definition) is 2. The fraction of sp³-hybridized carbons (Fsp3) is 0.267. The molecule has 7 heteroatoms. The Labute approximate surface area is 125 Å².